The van der Waals surface area contributed by atoms with Crippen LogP contribution in [0.5, 0.6) is 5.75 Å². The third-order valence-corrected chi connectivity index (χ3v) is 8.17. The summed E-state index contributed by atoms with van der Waals surface area (Å²) in [6.07, 6.45) is 0. The van der Waals surface area contributed by atoms with Crippen LogP contribution >= 0.6 is 0 Å². The summed E-state index contributed by atoms with van der Waals surface area (Å²) in [6, 6.07) is 18.9. The predicted octanol–water partition coefficient (Wildman–Crippen LogP) is 5.78. The summed E-state index contributed by atoms with van der Waals surface area (Å²) in [5, 5.41) is 25.8. The van der Waals surface area contributed by atoms with E-state index in [9.17, 15) is 26.5 Å². The van der Waals surface area contributed by atoms with Gasteiger partial charge in [-0.1, -0.05) is 36.4 Å². The highest BCUT2D eigenvalue weighted by atomic mass is 32.2. The summed E-state index contributed by atoms with van der Waals surface area (Å²) in [6.45, 7) is 1.76. The number of benzene rings is 4. The Kier molecular flexibility index (Phi) is 7.44. The Labute approximate surface area is 224 Å². The van der Waals surface area contributed by atoms with Crippen molar-refractivity contribution in [3.05, 3.63) is 84.4 Å². The van der Waals surface area contributed by atoms with Gasteiger partial charge in [0.15, 0.2) is 0 Å². The quantitative estimate of drug-likeness (QED) is 0.122. The Balaban J connectivity index is 1.85. The highest BCUT2D eigenvalue weighted by molar-refractivity contribution is 7.91. The molecule has 0 fully saturated rings. The molecule has 14 heteroatoms. The van der Waals surface area contributed by atoms with Crippen LogP contribution in [0, 0.1) is 6.92 Å². The lowest BCUT2D eigenvalue weighted by Gasteiger charge is -2.11. The van der Waals surface area contributed by atoms with Crippen LogP contribution in [-0.4, -0.2) is 26.5 Å². The average molecular weight is 567 g/mol. The number of phenolic OH excluding ortho intramolecular Hbond substituents is 1. The van der Waals surface area contributed by atoms with Gasteiger partial charge in [0.2, 0.25) is 9.84 Å². The van der Waals surface area contributed by atoms with Gasteiger partial charge in [-0.15, -0.1) is 20.5 Å². The highest BCUT2D eigenvalue weighted by Gasteiger charge is 2.24. The van der Waals surface area contributed by atoms with E-state index in [0.29, 0.717) is 0 Å². The summed E-state index contributed by atoms with van der Waals surface area (Å²) in [7, 11) is -8.85. The maximum absolute atomic E-state index is 13.2. The van der Waals surface area contributed by atoms with Gasteiger partial charge in [0.25, 0.3) is 10.1 Å². The first-order valence-corrected chi connectivity index (χ1v) is 14.0. The van der Waals surface area contributed by atoms with Gasteiger partial charge in [-0.2, -0.15) is 8.42 Å². The van der Waals surface area contributed by atoms with Crippen molar-refractivity contribution >= 4 is 54.1 Å². The topological polar surface area (TPSA) is 210 Å². The van der Waals surface area contributed by atoms with E-state index in [4.69, 9.17) is 11.5 Å². The van der Waals surface area contributed by atoms with Crippen LogP contribution in [0.4, 0.5) is 34.1 Å². The van der Waals surface area contributed by atoms with Crippen molar-refractivity contribution in [2.24, 2.45) is 20.5 Å². The predicted molar refractivity (Wildman–Crippen MR) is 145 cm³/mol. The molecule has 0 saturated carbocycles. The fourth-order valence-electron chi connectivity index (χ4n) is 3.49. The number of aryl methyl sites for hydroxylation is 1. The molecule has 0 bridgehead atoms. The third kappa shape index (κ3) is 5.77. The Hall–Kier alpha value is -4.66. The van der Waals surface area contributed by atoms with Gasteiger partial charge >= 0.3 is 0 Å². The molecule has 39 heavy (non-hydrogen) atoms. The van der Waals surface area contributed by atoms with Crippen molar-refractivity contribution in [1.82, 2.24) is 0 Å². The van der Waals surface area contributed by atoms with Gasteiger partial charge in [-0.05, 0) is 55.0 Å². The Morgan fingerprint density at radius 2 is 1.28 bits per heavy atom. The molecule has 4 rings (SSSR count). The molecule has 0 aliphatic rings. The van der Waals surface area contributed by atoms with Crippen molar-refractivity contribution < 1.29 is 26.5 Å². The van der Waals surface area contributed by atoms with E-state index in [2.05, 4.69) is 20.5 Å². The van der Waals surface area contributed by atoms with Crippen molar-refractivity contribution in [2.45, 2.75) is 21.6 Å². The lowest BCUT2D eigenvalue weighted by atomic mass is 10.2. The molecule has 0 amide bonds. The van der Waals surface area contributed by atoms with E-state index in [1.54, 1.807) is 37.3 Å². The maximum atomic E-state index is 13.2. The lowest BCUT2D eigenvalue weighted by Crippen LogP contribution is -2.05. The largest absolute Gasteiger partial charge is 0.506 e. The second kappa shape index (κ2) is 10.6. The van der Waals surface area contributed by atoms with Gasteiger partial charge in [0, 0.05) is 0 Å². The van der Waals surface area contributed by atoms with E-state index in [-0.39, 0.29) is 44.0 Å². The van der Waals surface area contributed by atoms with Gasteiger partial charge in [0.05, 0.1) is 21.2 Å². The molecule has 0 aliphatic heterocycles. The molecule has 200 valence electrons. The molecular formula is C25H22N6O6S2. The number of anilines is 2. The Morgan fingerprint density at radius 3 is 1.97 bits per heavy atom. The lowest BCUT2D eigenvalue weighted by molar-refractivity contribution is 0.476. The van der Waals surface area contributed by atoms with Crippen LogP contribution < -0.4 is 11.5 Å². The first kappa shape index (κ1) is 27.4. The first-order chi connectivity index (χ1) is 18.4. The molecule has 0 unspecified atom stereocenters. The van der Waals surface area contributed by atoms with Crippen LogP contribution in [0.15, 0.2) is 114 Å². The van der Waals surface area contributed by atoms with Gasteiger partial charge in [-0.3, -0.25) is 4.55 Å². The van der Waals surface area contributed by atoms with Gasteiger partial charge in [-0.25, -0.2) is 8.42 Å². The van der Waals surface area contributed by atoms with Gasteiger partial charge < -0.3 is 16.6 Å². The highest BCUT2D eigenvalue weighted by Crippen LogP contribution is 2.44. The molecule has 0 heterocycles. The van der Waals surface area contributed by atoms with E-state index in [1.165, 1.54) is 42.5 Å². The number of aromatic hydroxyl groups is 1. The molecule has 0 aromatic heterocycles. The van der Waals surface area contributed by atoms with Gasteiger partial charge in [0.1, 0.15) is 33.4 Å². The van der Waals surface area contributed by atoms with E-state index in [1.807, 2.05) is 0 Å². The summed E-state index contributed by atoms with van der Waals surface area (Å²) < 4.78 is 60.2. The molecule has 4 aromatic rings. The zero-order chi connectivity index (χ0) is 28.4. The minimum absolute atomic E-state index is 0.0374. The van der Waals surface area contributed by atoms with E-state index in [0.717, 1.165) is 11.6 Å². The standard InChI is InChI=1S/C25H22N6O6S2/c1-15-11-12-20(32)18(13-15)29-31-25-23(26)19(14-22(24(25)27)39(35,36)37)30-28-17-9-5-6-10-21(17)38(33,34)16-7-3-2-4-8-16/h2-14,32H,26-27H2,1H3,(H,35,36,37)/b30-28+,31-29+. The molecule has 0 saturated heterocycles. The van der Waals surface area contributed by atoms with Crippen molar-refractivity contribution in [1.29, 1.82) is 0 Å². The number of sulfone groups is 1. The molecular weight excluding hydrogens is 544 g/mol. The fourth-order valence-corrected chi connectivity index (χ4v) is 5.53. The maximum Gasteiger partial charge on any atom is 0.296 e. The van der Waals surface area contributed by atoms with Crippen molar-refractivity contribution in [3.8, 4) is 5.75 Å². The SMILES string of the molecule is Cc1ccc(O)c(/N=N/c2c(N)c(/N=N/c3ccccc3S(=O)(=O)c3ccccc3)cc(S(=O)(=O)O)c2N)c1. The molecule has 0 radical (unpaired) electrons. The number of phenols is 1. The van der Waals surface area contributed by atoms with Crippen molar-refractivity contribution in [2.75, 3.05) is 11.5 Å². The summed E-state index contributed by atoms with van der Waals surface area (Å²) in [5.41, 5.74) is 11.4. The fraction of sp³-hybridized carbons (Fsp3) is 0.0400. The molecule has 6 N–H and O–H groups in total. The summed E-state index contributed by atoms with van der Waals surface area (Å²) in [5.74, 6) is -0.205. The van der Waals surface area contributed by atoms with Crippen LogP contribution in [0.3, 0.4) is 0 Å². The Morgan fingerprint density at radius 1 is 0.667 bits per heavy atom. The molecule has 0 atom stereocenters. The second-order valence-electron chi connectivity index (χ2n) is 8.22. The molecule has 0 aliphatic carbocycles. The minimum Gasteiger partial charge on any atom is -0.506 e. The number of rotatable bonds is 7. The number of hydrogen-bond acceptors (Lipinski definition) is 11. The van der Waals surface area contributed by atoms with Crippen LogP contribution in [-0.2, 0) is 20.0 Å². The molecule has 12 nitrogen and oxygen atoms in total. The molecule has 4 aromatic carbocycles. The molecule has 0 spiro atoms. The zero-order valence-electron chi connectivity index (χ0n) is 20.3. The smallest absolute Gasteiger partial charge is 0.296 e. The van der Waals surface area contributed by atoms with Crippen LogP contribution in [0.25, 0.3) is 0 Å². The summed E-state index contributed by atoms with van der Waals surface area (Å²) in [4.78, 5) is -0.882. The monoisotopic (exact) mass is 566 g/mol. The third-order valence-electron chi connectivity index (χ3n) is 5.46. The minimum atomic E-state index is -4.87. The zero-order valence-corrected chi connectivity index (χ0v) is 21.9. The van der Waals surface area contributed by atoms with Crippen LogP contribution in [0.2, 0.25) is 0 Å². The van der Waals surface area contributed by atoms with E-state index < -0.39 is 30.5 Å². The second-order valence-corrected chi connectivity index (χ2v) is 11.5. The number of hydrogen-bond donors (Lipinski definition) is 4. The van der Waals surface area contributed by atoms with Crippen molar-refractivity contribution in [3.63, 3.8) is 0 Å². The number of nitrogens with zero attached hydrogens (tertiary/aromatic N) is 4. The first-order valence-electron chi connectivity index (χ1n) is 11.1. The van der Waals surface area contributed by atoms with Crippen LogP contribution in [0.1, 0.15) is 5.56 Å². The Bertz CT molecular complexity index is 1840. The number of nitrogens with two attached hydrogens (primary N) is 2. The average Bonchev–Trinajstić information content (AvgIpc) is 2.90. The number of azo groups is 2. The number of nitrogen functional groups attached to an aromatic ring is 2. The summed E-state index contributed by atoms with van der Waals surface area (Å²) >= 11 is 0. The van der Waals surface area contributed by atoms with E-state index >= 15 is 0 Å². The normalized spacial score (nSPS) is 12.4.